The Morgan fingerprint density at radius 3 is 2.85 bits per heavy atom. The van der Waals surface area contributed by atoms with E-state index in [1.807, 2.05) is 25.1 Å². The van der Waals surface area contributed by atoms with E-state index in [-0.39, 0.29) is 11.3 Å². The lowest BCUT2D eigenvalue weighted by Crippen LogP contribution is -2.39. The standard InChI is InChI=1S/C15H19N3O2/c1-10(16-2)17-11-3-4-12-13(9-11)18-14(19)15(12)5-7-20-8-6-15/h3-4,9H,5-8H2,1-2H3,(H,16,17)(H,18,19). The lowest BCUT2D eigenvalue weighted by Gasteiger charge is -2.31. The van der Waals surface area contributed by atoms with Crippen molar-refractivity contribution in [2.75, 3.05) is 30.9 Å². The van der Waals surface area contributed by atoms with Crippen molar-refractivity contribution in [1.29, 1.82) is 0 Å². The zero-order valence-electron chi connectivity index (χ0n) is 11.8. The normalized spacial score (nSPS) is 20.7. The van der Waals surface area contributed by atoms with Gasteiger partial charge in [-0.15, -0.1) is 0 Å². The predicted molar refractivity (Wildman–Crippen MR) is 79.5 cm³/mol. The number of nitrogens with one attached hydrogen (secondary N) is 2. The Morgan fingerprint density at radius 2 is 2.15 bits per heavy atom. The van der Waals surface area contributed by atoms with Crippen LogP contribution in [0.25, 0.3) is 0 Å². The number of amides is 1. The highest BCUT2D eigenvalue weighted by molar-refractivity contribution is 6.07. The molecule has 2 N–H and O–H groups in total. The third kappa shape index (κ3) is 1.98. The molecule has 20 heavy (non-hydrogen) atoms. The van der Waals surface area contributed by atoms with E-state index in [0.29, 0.717) is 13.2 Å². The number of ether oxygens (including phenoxy) is 1. The number of benzene rings is 1. The quantitative estimate of drug-likeness (QED) is 0.609. The Kier molecular flexibility index (Phi) is 3.22. The summed E-state index contributed by atoms with van der Waals surface area (Å²) in [7, 11) is 1.74. The number of carbonyl (C=O) groups excluding carboxylic acids is 1. The van der Waals surface area contributed by atoms with Crippen LogP contribution in [0.2, 0.25) is 0 Å². The summed E-state index contributed by atoms with van der Waals surface area (Å²) < 4.78 is 5.40. The van der Waals surface area contributed by atoms with Crippen molar-refractivity contribution in [3.05, 3.63) is 23.8 Å². The van der Waals surface area contributed by atoms with Gasteiger partial charge in [0.2, 0.25) is 5.91 Å². The third-order valence-electron chi connectivity index (χ3n) is 4.22. The fourth-order valence-electron chi connectivity index (χ4n) is 2.99. The molecule has 106 valence electrons. The summed E-state index contributed by atoms with van der Waals surface area (Å²) in [5.41, 5.74) is 2.56. The average molecular weight is 273 g/mol. The van der Waals surface area contributed by atoms with E-state index in [2.05, 4.69) is 15.6 Å². The van der Waals surface area contributed by atoms with Gasteiger partial charge in [0.15, 0.2) is 0 Å². The molecule has 2 aliphatic rings. The lowest BCUT2D eigenvalue weighted by atomic mass is 9.75. The van der Waals surface area contributed by atoms with Crippen LogP contribution in [-0.2, 0) is 14.9 Å². The first-order valence-corrected chi connectivity index (χ1v) is 6.90. The second-order valence-corrected chi connectivity index (χ2v) is 5.34. The highest BCUT2D eigenvalue weighted by Gasteiger charge is 2.47. The van der Waals surface area contributed by atoms with Gasteiger partial charge in [0.25, 0.3) is 0 Å². The molecule has 2 heterocycles. The van der Waals surface area contributed by atoms with E-state index in [1.54, 1.807) is 7.05 Å². The molecule has 1 amide bonds. The van der Waals surface area contributed by atoms with Crippen molar-refractivity contribution in [1.82, 2.24) is 0 Å². The van der Waals surface area contributed by atoms with Crippen LogP contribution in [0, 0.1) is 0 Å². The van der Waals surface area contributed by atoms with Crippen molar-refractivity contribution in [3.63, 3.8) is 0 Å². The van der Waals surface area contributed by atoms with E-state index in [0.717, 1.165) is 35.6 Å². The molecule has 1 saturated heterocycles. The van der Waals surface area contributed by atoms with Crippen LogP contribution in [-0.4, -0.2) is 32.0 Å². The van der Waals surface area contributed by atoms with Gasteiger partial charge in [0, 0.05) is 31.6 Å². The molecule has 0 aromatic heterocycles. The fraction of sp³-hybridized carbons (Fsp3) is 0.467. The number of hydrogen-bond acceptors (Lipinski definition) is 3. The molecule has 1 aromatic rings. The molecule has 0 radical (unpaired) electrons. The minimum Gasteiger partial charge on any atom is -0.381 e. The number of hydrogen-bond donors (Lipinski definition) is 2. The van der Waals surface area contributed by atoms with Gasteiger partial charge in [-0.25, -0.2) is 0 Å². The summed E-state index contributed by atoms with van der Waals surface area (Å²) in [4.78, 5) is 16.5. The van der Waals surface area contributed by atoms with Gasteiger partial charge in [-0.2, -0.15) is 0 Å². The summed E-state index contributed by atoms with van der Waals surface area (Å²) in [5, 5.41) is 6.22. The van der Waals surface area contributed by atoms with Gasteiger partial charge in [-0.05, 0) is 37.5 Å². The maximum atomic E-state index is 12.4. The first-order chi connectivity index (χ1) is 9.65. The van der Waals surface area contributed by atoms with Crippen molar-refractivity contribution in [2.24, 2.45) is 4.99 Å². The molecule has 0 unspecified atom stereocenters. The number of amidine groups is 1. The molecular formula is C15H19N3O2. The molecule has 0 aliphatic carbocycles. The Balaban J connectivity index is 1.95. The Morgan fingerprint density at radius 1 is 1.40 bits per heavy atom. The van der Waals surface area contributed by atoms with Crippen LogP contribution >= 0.6 is 0 Å². The Labute approximate surface area is 118 Å². The van der Waals surface area contributed by atoms with E-state index < -0.39 is 0 Å². The van der Waals surface area contributed by atoms with E-state index >= 15 is 0 Å². The summed E-state index contributed by atoms with van der Waals surface area (Å²) in [6.45, 7) is 3.20. The zero-order chi connectivity index (χ0) is 14.2. The number of anilines is 2. The first-order valence-electron chi connectivity index (χ1n) is 6.90. The van der Waals surface area contributed by atoms with Crippen LogP contribution in [0.4, 0.5) is 11.4 Å². The highest BCUT2D eigenvalue weighted by atomic mass is 16.5. The Hall–Kier alpha value is -1.88. The molecule has 1 aromatic carbocycles. The number of fused-ring (bicyclic) bond motifs is 2. The van der Waals surface area contributed by atoms with Gasteiger partial charge in [-0.1, -0.05) is 6.07 Å². The summed E-state index contributed by atoms with van der Waals surface area (Å²) >= 11 is 0. The number of carbonyl (C=O) groups is 1. The van der Waals surface area contributed by atoms with Crippen LogP contribution in [0.15, 0.2) is 23.2 Å². The van der Waals surface area contributed by atoms with Gasteiger partial charge in [-0.3, -0.25) is 9.79 Å². The van der Waals surface area contributed by atoms with E-state index in [1.165, 1.54) is 0 Å². The minimum absolute atomic E-state index is 0.105. The first kappa shape index (κ1) is 13.1. The lowest BCUT2D eigenvalue weighted by molar-refractivity contribution is -0.124. The molecular weight excluding hydrogens is 254 g/mol. The van der Waals surface area contributed by atoms with Crippen LogP contribution < -0.4 is 10.6 Å². The van der Waals surface area contributed by atoms with E-state index in [4.69, 9.17) is 4.74 Å². The van der Waals surface area contributed by atoms with Crippen molar-refractivity contribution in [2.45, 2.75) is 25.2 Å². The maximum Gasteiger partial charge on any atom is 0.235 e. The van der Waals surface area contributed by atoms with Crippen molar-refractivity contribution >= 4 is 23.1 Å². The molecule has 0 bridgehead atoms. The summed E-state index contributed by atoms with van der Waals surface area (Å²) in [5.74, 6) is 0.948. The van der Waals surface area contributed by atoms with Crippen molar-refractivity contribution < 1.29 is 9.53 Å². The molecule has 2 aliphatic heterocycles. The zero-order valence-corrected chi connectivity index (χ0v) is 11.8. The Bertz CT molecular complexity index is 574. The summed E-state index contributed by atoms with van der Waals surface area (Å²) in [6, 6.07) is 6.03. The third-order valence-corrected chi connectivity index (χ3v) is 4.22. The summed E-state index contributed by atoms with van der Waals surface area (Å²) in [6.07, 6.45) is 1.52. The van der Waals surface area contributed by atoms with Gasteiger partial charge in [0.05, 0.1) is 11.3 Å². The van der Waals surface area contributed by atoms with Crippen LogP contribution in [0.3, 0.4) is 0 Å². The molecule has 1 spiro atoms. The van der Waals surface area contributed by atoms with Crippen molar-refractivity contribution in [3.8, 4) is 0 Å². The minimum atomic E-state index is -0.389. The molecule has 0 atom stereocenters. The topological polar surface area (TPSA) is 62.7 Å². The van der Waals surface area contributed by atoms with Gasteiger partial charge < -0.3 is 15.4 Å². The SMILES string of the molecule is C/N=C(\C)Nc1ccc2c(c1)NC(=O)C21CCOCC1. The highest BCUT2D eigenvalue weighted by Crippen LogP contribution is 2.45. The molecule has 5 nitrogen and oxygen atoms in total. The number of aliphatic imine (C=N–C) groups is 1. The van der Waals surface area contributed by atoms with Crippen LogP contribution in [0.5, 0.6) is 0 Å². The smallest absolute Gasteiger partial charge is 0.235 e. The predicted octanol–water partition coefficient (Wildman–Crippen LogP) is 2.15. The average Bonchev–Trinajstić information content (AvgIpc) is 2.72. The number of nitrogens with zero attached hydrogens (tertiary/aromatic N) is 1. The molecule has 3 rings (SSSR count). The monoisotopic (exact) mass is 273 g/mol. The largest absolute Gasteiger partial charge is 0.381 e. The van der Waals surface area contributed by atoms with Crippen LogP contribution in [0.1, 0.15) is 25.3 Å². The number of rotatable bonds is 1. The fourth-order valence-corrected chi connectivity index (χ4v) is 2.99. The molecule has 0 saturated carbocycles. The molecule has 1 fully saturated rings. The van der Waals surface area contributed by atoms with E-state index in [9.17, 15) is 4.79 Å². The molecule has 5 heteroatoms. The van der Waals surface area contributed by atoms with Gasteiger partial charge >= 0.3 is 0 Å². The second-order valence-electron chi connectivity index (χ2n) is 5.34. The maximum absolute atomic E-state index is 12.4. The van der Waals surface area contributed by atoms with Gasteiger partial charge in [0.1, 0.15) is 0 Å². The second kappa shape index (κ2) is 4.90.